The van der Waals surface area contributed by atoms with E-state index in [9.17, 15) is 17.6 Å². The van der Waals surface area contributed by atoms with Crippen LogP contribution in [0.25, 0.3) is 12.2 Å². The monoisotopic (exact) mass is 435 g/mol. The molecule has 0 spiro atoms. The minimum absolute atomic E-state index is 0.0241. The van der Waals surface area contributed by atoms with Crippen LogP contribution in [0.3, 0.4) is 0 Å². The summed E-state index contributed by atoms with van der Waals surface area (Å²) in [6.45, 7) is 4.65. The highest BCUT2D eigenvalue weighted by Crippen LogP contribution is 2.29. The van der Waals surface area contributed by atoms with Gasteiger partial charge in [0, 0.05) is 31.1 Å². The largest absolute Gasteiger partial charge is 0.356 e. The lowest BCUT2D eigenvalue weighted by Gasteiger charge is -2.30. The van der Waals surface area contributed by atoms with E-state index in [1.54, 1.807) is 25.1 Å². The number of rotatable bonds is 7. The lowest BCUT2D eigenvalue weighted by atomic mass is 9.97. The average Bonchev–Trinajstić information content (AvgIpc) is 3.12. The van der Waals surface area contributed by atoms with E-state index in [4.69, 9.17) is 4.52 Å². The lowest BCUT2D eigenvalue weighted by molar-refractivity contribution is -0.126. The van der Waals surface area contributed by atoms with E-state index in [-0.39, 0.29) is 41.3 Å². The molecule has 1 aliphatic rings. The second-order valence-electron chi connectivity index (χ2n) is 7.29. The topological polar surface area (TPSA) is 92.5 Å². The first-order chi connectivity index (χ1) is 14.3. The number of aromatic nitrogens is 1. The summed E-state index contributed by atoms with van der Waals surface area (Å²) in [6, 6.07) is 6.17. The van der Waals surface area contributed by atoms with Crippen LogP contribution in [-0.4, -0.2) is 43.4 Å². The van der Waals surface area contributed by atoms with E-state index in [2.05, 4.69) is 10.5 Å². The zero-order valence-corrected chi connectivity index (χ0v) is 17.9. The van der Waals surface area contributed by atoms with Crippen LogP contribution in [0, 0.1) is 18.7 Å². The molecule has 1 N–H and O–H groups in total. The number of aryl methyl sites for hydroxylation is 1. The van der Waals surface area contributed by atoms with Crippen LogP contribution in [0.5, 0.6) is 0 Å². The van der Waals surface area contributed by atoms with E-state index in [0.717, 1.165) is 6.42 Å². The number of benzene rings is 1. The van der Waals surface area contributed by atoms with Crippen LogP contribution in [0.15, 0.2) is 33.7 Å². The van der Waals surface area contributed by atoms with Crippen molar-refractivity contribution in [1.29, 1.82) is 0 Å². The number of halogens is 1. The highest BCUT2D eigenvalue weighted by atomic mass is 32.2. The van der Waals surface area contributed by atoms with Gasteiger partial charge in [-0.2, -0.15) is 4.31 Å². The van der Waals surface area contributed by atoms with E-state index < -0.39 is 15.8 Å². The maximum absolute atomic E-state index is 13.8. The number of carbonyl (C=O) groups excluding carboxylic acids is 1. The minimum atomic E-state index is -3.86. The molecule has 0 bridgehead atoms. The first-order valence-corrected chi connectivity index (χ1v) is 11.4. The fourth-order valence-electron chi connectivity index (χ4n) is 3.45. The van der Waals surface area contributed by atoms with Crippen LogP contribution in [-0.2, 0) is 14.8 Å². The predicted octanol–water partition coefficient (Wildman–Crippen LogP) is 3.22. The number of hydrogen-bond acceptors (Lipinski definition) is 5. The van der Waals surface area contributed by atoms with Gasteiger partial charge in [-0.1, -0.05) is 30.3 Å². The summed E-state index contributed by atoms with van der Waals surface area (Å²) in [7, 11) is -3.86. The number of carbonyl (C=O) groups is 1. The molecule has 1 amide bonds. The summed E-state index contributed by atoms with van der Waals surface area (Å²) in [6.07, 6.45) is 4.64. The molecule has 1 fully saturated rings. The maximum Gasteiger partial charge on any atom is 0.248 e. The van der Waals surface area contributed by atoms with Gasteiger partial charge < -0.3 is 9.84 Å². The second kappa shape index (κ2) is 9.53. The van der Waals surface area contributed by atoms with Crippen molar-refractivity contribution in [3.8, 4) is 0 Å². The molecule has 3 rings (SSSR count). The molecule has 162 valence electrons. The van der Waals surface area contributed by atoms with Crippen LogP contribution in [0.2, 0.25) is 0 Å². The van der Waals surface area contributed by atoms with Crippen molar-refractivity contribution < 1.29 is 22.1 Å². The zero-order valence-electron chi connectivity index (χ0n) is 17.1. The van der Waals surface area contributed by atoms with Gasteiger partial charge in [0.25, 0.3) is 0 Å². The third-order valence-corrected chi connectivity index (χ3v) is 7.18. The normalized spacial score (nSPS) is 16.2. The van der Waals surface area contributed by atoms with Gasteiger partial charge in [-0.15, -0.1) is 0 Å². The molecule has 2 heterocycles. The highest BCUT2D eigenvalue weighted by Gasteiger charge is 2.35. The molecule has 1 aromatic carbocycles. The van der Waals surface area contributed by atoms with Gasteiger partial charge in [0.2, 0.25) is 15.9 Å². The van der Waals surface area contributed by atoms with Crippen LogP contribution in [0.1, 0.15) is 43.2 Å². The minimum Gasteiger partial charge on any atom is -0.356 e. The lowest BCUT2D eigenvalue weighted by Crippen LogP contribution is -2.43. The first kappa shape index (κ1) is 22.2. The standard InChI is InChI=1S/C21H26FN3O4S/c1-3-12-23-21(26)17-10-13-25(14-11-17)30(27,28)20-15(2)24-29-19(20)9-8-16-6-4-5-7-18(16)22/h4-9,17H,3,10-14H2,1-2H3,(H,23,26). The van der Waals surface area contributed by atoms with E-state index >= 15 is 0 Å². The summed E-state index contributed by atoms with van der Waals surface area (Å²) in [5, 5.41) is 6.67. The fourth-order valence-corrected chi connectivity index (χ4v) is 5.17. The Hall–Kier alpha value is -2.52. The van der Waals surface area contributed by atoms with Gasteiger partial charge in [-0.05, 0) is 44.4 Å². The molecule has 7 nitrogen and oxygen atoms in total. The Morgan fingerprint density at radius 2 is 2.00 bits per heavy atom. The van der Waals surface area contributed by atoms with Gasteiger partial charge >= 0.3 is 0 Å². The molecule has 0 saturated carbocycles. The number of hydrogen-bond donors (Lipinski definition) is 1. The summed E-state index contributed by atoms with van der Waals surface area (Å²) in [4.78, 5) is 12.1. The molecule has 0 aliphatic carbocycles. The number of amides is 1. The predicted molar refractivity (Wildman–Crippen MR) is 111 cm³/mol. The first-order valence-electron chi connectivity index (χ1n) is 10.0. The van der Waals surface area contributed by atoms with Crippen LogP contribution >= 0.6 is 0 Å². The molecular weight excluding hydrogens is 409 g/mol. The third-order valence-electron chi connectivity index (χ3n) is 5.12. The summed E-state index contributed by atoms with van der Waals surface area (Å²) in [5.74, 6) is -0.577. The zero-order chi connectivity index (χ0) is 21.7. The maximum atomic E-state index is 13.8. The Morgan fingerprint density at radius 1 is 1.30 bits per heavy atom. The molecule has 0 unspecified atom stereocenters. The molecule has 0 atom stereocenters. The molecule has 9 heteroatoms. The molecule has 1 saturated heterocycles. The SMILES string of the molecule is CCCNC(=O)C1CCN(S(=O)(=O)c2c(C)noc2C=Cc2ccccc2F)CC1. The van der Waals surface area contributed by atoms with E-state index in [1.807, 2.05) is 6.92 Å². The summed E-state index contributed by atoms with van der Waals surface area (Å²) >= 11 is 0. The molecule has 1 aromatic heterocycles. The molecule has 1 aliphatic heterocycles. The van der Waals surface area contributed by atoms with Crippen molar-refractivity contribution in [2.45, 2.75) is 38.0 Å². The van der Waals surface area contributed by atoms with E-state index in [1.165, 1.54) is 22.5 Å². The number of sulfonamides is 1. The average molecular weight is 436 g/mol. The van der Waals surface area contributed by atoms with Gasteiger partial charge in [-0.3, -0.25) is 4.79 Å². The Labute approximate surface area is 176 Å². The molecular formula is C21H26FN3O4S. The van der Waals surface area contributed by atoms with Gasteiger partial charge in [0.15, 0.2) is 10.7 Å². The molecule has 2 aromatic rings. The van der Waals surface area contributed by atoms with E-state index in [0.29, 0.717) is 24.9 Å². The molecule has 30 heavy (non-hydrogen) atoms. The Balaban J connectivity index is 1.77. The third kappa shape index (κ3) is 4.79. The quantitative estimate of drug-likeness (QED) is 0.721. The van der Waals surface area contributed by atoms with Gasteiger partial charge in [0.05, 0.1) is 0 Å². The van der Waals surface area contributed by atoms with Gasteiger partial charge in [-0.25, -0.2) is 12.8 Å². The Kier molecular flexibility index (Phi) is 7.04. The Morgan fingerprint density at radius 3 is 2.67 bits per heavy atom. The fraction of sp³-hybridized carbons (Fsp3) is 0.429. The van der Waals surface area contributed by atoms with Crippen molar-refractivity contribution in [2.75, 3.05) is 19.6 Å². The van der Waals surface area contributed by atoms with Gasteiger partial charge in [0.1, 0.15) is 11.5 Å². The smallest absolute Gasteiger partial charge is 0.248 e. The summed E-state index contributed by atoms with van der Waals surface area (Å²) < 4.78 is 46.9. The van der Waals surface area contributed by atoms with Crippen LogP contribution < -0.4 is 5.32 Å². The van der Waals surface area contributed by atoms with Crippen molar-refractivity contribution >= 4 is 28.1 Å². The van der Waals surface area contributed by atoms with Crippen molar-refractivity contribution in [3.05, 3.63) is 47.1 Å². The Bertz CT molecular complexity index is 1020. The summed E-state index contributed by atoms with van der Waals surface area (Å²) in [5.41, 5.74) is 0.555. The number of piperidine rings is 1. The number of nitrogens with zero attached hydrogens (tertiary/aromatic N) is 2. The highest BCUT2D eigenvalue weighted by molar-refractivity contribution is 7.89. The second-order valence-corrected chi connectivity index (χ2v) is 9.16. The van der Waals surface area contributed by atoms with Crippen molar-refractivity contribution in [2.24, 2.45) is 5.92 Å². The number of nitrogens with one attached hydrogen (secondary N) is 1. The molecule has 0 radical (unpaired) electrons. The van der Waals surface area contributed by atoms with Crippen molar-refractivity contribution in [3.63, 3.8) is 0 Å². The van der Waals surface area contributed by atoms with Crippen molar-refractivity contribution in [1.82, 2.24) is 14.8 Å². The van der Waals surface area contributed by atoms with Crippen LogP contribution in [0.4, 0.5) is 4.39 Å².